The number of nitrogens with one attached hydrogen (secondary N) is 1. The predicted molar refractivity (Wildman–Crippen MR) is 126 cm³/mol. The number of carbonyl (C=O) groups excluding carboxylic acids is 1. The molecule has 1 aliphatic carbocycles. The van der Waals surface area contributed by atoms with E-state index in [1.54, 1.807) is 20.4 Å². The normalized spacial score (nSPS) is 12.5. The molecule has 3 aromatic carbocycles. The summed E-state index contributed by atoms with van der Waals surface area (Å²) in [6.45, 7) is 0. The molecule has 168 valence electrons. The van der Waals surface area contributed by atoms with E-state index in [9.17, 15) is 9.59 Å². The molecule has 2 N–H and O–H groups in total. The van der Waals surface area contributed by atoms with E-state index in [-0.39, 0.29) is 11.8 Å². The Labute approximate surface area is 191 Å². The van der Waals surface area contributed by atoms with Crippen LogP contribution < -0.4 is 14.8 Å². The lowest BCUT2D eigenvalue weighted by Gasteiger charge is -2.11. The van der Waals surface area contributed by atoms with E-state index in [1.807, 2.05) is 60.7 Å². The van der Waals surface area contributed by atoms with Crippen LogP contribution in [-0.2, 0) is 4.79 Å². The predicted octanol–water partition coefficient (Wildman–Crippen LogP) is 5.03. The van der Waals surface area contributed by atoms with Crippen LogP contribution in [0.5, 0.6) is 17.2 Å². The zero-order chi connectivity index (χ0) is 23.4. The summed E-state index contributed by atoms with van der Waals surface area (Å²) in [6.07, 6.45) is 3.51. The number of fused-ring (bicyclic) bond motifs is 2. The number of amides is 1. The molecule has 1 aliphatic rings. The Bertz CT molecular complexity index is 1330. The number of carbonyl (C=O) groups is 2. The highest BCUT2D eigenvalue weighted by molar-refractivity contribution is 6.07. The first-order chi connectivity index (χ1) is 16.0. The van der Waals surface area contributed by atoms with Crippen LogP contribution in [0.3, 0.4) is 0 Å². The summed E-state index contributed by atoms with van der Waals surface area (Å²) in [4.78, 5) is 26.2. The highest BCUT2D eigenvalue weighted by atomic mass is 16.5. The zero-order valence-electron chi connectivity index (χ0n) is 18.4. The second-order valence-corrected chi connectivity index (χ2v) is 7.67. The summed E-state index contributed by atoms with van der Waals surface area (Å²) in [5.74, 6) is 1.41. The third kappa shape index (κ3) is 5.03. The summed E-state index contributed by atoms with van der Waals surface area (Å²) in [5.41, 5.74) is 1.47. The Morgan fingerprint density at radius 2 is 1.79 bits per heavy atom. The molecule has 0 spiro atoms. The van der Waals surface area contributed by atoms with Gasteiger partial charge in [0.2, 0.25) is 0 Å². The largest absolute Gasteiger partial charge is 0.497 e. The van der Waals surface area contributed by atoms with Crippen LogP contribution in [-0.4, -0.2) is 36.1 Å². The van der Waals surface area contributed by atoms with Crippen molar-refractivity contribution in [3.8, 4) is 17.2 Å². The second-order valence-electron chi connectivity index (χ2n) is 7.67. The van der Waals surface area contributed by atoms with Crippen molar-refractivity contribution in [2.24, 2.45) is 5.92 Å². The van der Waals surface area contributed by atoms with Crippen molar-refractivity contribution in [2.75, 3.05) is 14.2 Å². The minimum Gasteiger partial charge on any atom is -0.497 e. The lowest BCUT2D eigenvalue weighted by Crippen LogP contribution is -2.17. The smallest absolute Gasteiger partial charge is 0.306 e. The number of carboxylic acid groups (broad SMARTS) is 1. The maximum Gasteiger partial charge on any atom is 0.306 e. The molecule has 33 heavy (non-hydrogen) atoms. The number of carboxylic acids is 1. The summed E-state index contributed by atoms with van der Waals surface area (Å²) < 4.78 is 11.4. The average molecular weight is 444 g/mol. The van der Waals surface area contributed by atoms with Gasteiger partial charge in [-0.2, -0.15) is 0 Å². The van der Waals surface area contributed by atoms with Crippen molar-refractivity contribution >= 4 is 33.6 Å². The molecule has 1 heterocycles. The molecule has 1 fully saturated rings. The number of aromatic nitrogens is 1. The number of methoxy groups -OCH3 is 1. The molecule has 0 aliphatic heterocycles. The van der Waals surface area contributed by atoms with Crippen molar-refractivity contribution < 1.29 is 24.2 Å². The molecule has 7 heteroatoms. The van der Waals surface area contributed by atoms with Crippen molar-refractivity contribution in [3.63, 3.8) is 0 Å². The van der Waals surface area contributed by atoms with Gasteiger partial charge in [0.15, 0.2) is 0 Å². The highest BCUT2D eigenvalue weighted by Crippen LogP contribution is 2.33. The number of benzene rings is 3. The number of hydrogen-bond donors (Lipinski definition) is 2. The van der Waals surface area contributed by atoms with Crippen molar-refractivity contribution in [3.05, 3.63) is 72.4 Å². The summed E-state index contributed by atoms with van der Waals surface area (Å²) in [7, 11) is 3.26. The fourth-order valence-electron chi connectivity index (χ4n) is 3.43. The van der Waals surface area contributed by atoms with E-state index >= 15 is 0 Å². The second kappa shape index (κ2) is 9.56. The molecule has 7 nitrogen and oxygen atoms in total. The number of rotatable bonds is 5. The molecule has 1 amide bonds. The fraction of sp³-hybridized carbons (Fsp3) is 0.192. The standard InChI is InChI=1S/C22H18N2O3.C4H6O2/c1-23-22(25)18-5-3-4-14-12-16(6-8-17(14)18)27-21-10-11-24-20-9-7-15(26-2)13-19(20)21;5-4(6)3-1-2-3/h3-13H,1-2H3,(H,23,25);3H,1-2H2,(H,5,6). The molecule has 0 bridgehead atoms. The lowest BCUT2D eigenvalue weighted by molar-refractivity contribution is -0.138. The van der Waals surface area contributed by atoms with Gasteiger partial charge >= 0.3 is 5.97 Å². The van der Waals surface area contributed by atoms with Gasteiger partial charge in [-0.3, -0.25) is 14.6 Å². The molecule has 0 radical (unpaired) electrons. The van der Waals surface area contributed by atoms with E-state index in [2.05, 4.69) is 10.3 Å². The zero-order valence-corrected chi connectivity index (χ0v) is 18.4. The minimum atomic E-state index is -0.630. The maximum absolute atomic E-state index is 12.0. The summed E-state index contributed by atoms with van der Waals surface area (Å²) >= 11 is 0. The molecular formula is C26H24N2O5. The minimum absolute atomic E-state index is 0.0185. The molecule has 5 rings (SSSR count). The summed E-state index contributed by atoms with van der Waals surface area (Å²) in [5, 5.41) is 13.4. The Kier molecular flexibility index (Phi) is 6.40. The van der Waals surface area contributed by atoms with Crippen LogP contribution in [0.2, 0.25) is 0 Å². The number of pyridine rings is 1. The average Bonchev–Trinajstić information content (AvgIpc) is 3.69. The van der Waals surface area contributed by atoms with Gasteiger partial charge in [-0.05, 0) is 72.1 Å². The summed E-state index contributed by atoms with van der Waals surface area (Å²) in [6, 6.07) is 18.8. The van der Waals surface area contributed by atoms with Crippen LogP contribution in [0.4, 0.5) is 0 Å². The Hall–Kier alpha value is -4.13. The number of aliphatic carboxylic acids is 1. The van der Waals surface area contributed by atoms with E-state index < -0.39 is 5.97 Å². The molecule has 0 atom stereocenters. The van der Waals surface area contributed by atoms with Crippen LogP contribution >= 0.6 is 0 Å². The highest BCUT2D eigenvalue weighted by Gasteiger charge is 2.28. The first kappa shape index (κ1) is 22.1. The molecule has 1 aromatic heterocycles. The monoisotopic (exact) mass is 444 g/mol. The topological polar surface area (TPSA) is 97.8 Å². The number of ether oxygens (including phenoxy) is 2. The van der Waals surface area contributed by atoms with Gasteiger partial charge < -0.3 is 19.9 Å². The van der Waals surface area contributed by atoms with Crippen molar-refractivity contribution in [1.82, 2.24) is 10.3 Å². The molecular weight excluding hydrogens is 420 g/mol. The van der Waals surface area contributed by atoms with E-state index in [1.165, 1.54) is 0 Å². The van der Waals surface area contributed by atoms with Gasteiger partial charge in [0.05, 0.1) is 18.5 Å². The van der Waals surface area contributed by atoms with Gasteiger partial charge in [0, 0.05) is 24.2 Å². The first-order valence-corrected chi connectivity index (χ1v) is 10.6. The Balaban J connectivity index is 0.000000376. The van der Waals surface area contributed by atoms with Crippen molar-refractivity contribution in [2.45, 2.75) is 12.8 Å². The van der Waals surface area contributed by atoms with E-state index in [0.29, 0.717) is 17.1 Å². The van der Waals surface area contributed by atoms with Crippen molar-refractivity contribution in [1.29, 1.82) is 0 Å². The van der Waals surface area contributed by atoms with Crippen LogP contribution in [0.15, 0.2) is 66.9 Å². The van der Waals surface area contributed by atoms with Gasteiger partial charge in [-0.15, -0.1) is 0 Å². The third-order valence-electron chi connectivity index (χ3n) is 5.39. The van der Waals surface area contributed by atoms with Crippen LogP contribution in [0.1, 0.15) is 23.2 Å². The Morgan fingerprint density at radius 3 is 2.45 bits per heavy atom. The Morgan fingerprint density at radius 1 is 1.00 bits per heavy atom. The van der Waals surface area contributed by atoms with Gasteiger partial charge in [-0.25, -0.2) is 0 Å². The van der Waals surface area contributed by atoms with Crippen LogP contribution in [0, 0.1) is 5.92 Å². The van der Waals surface area contributed by atoms with Gasteiger partial charge in [0.1, 0.15) is 17.2 Å². The number of nitrogens with zero attached hydrogens (tertiary/aromatic N) is 1. The van der Waals surface area contributed by atoms with Gasteiger partial charge in [0.25, 0.3) is 5.91 Å². The first-order valence-electron chi connectivity index (χ1n) is 10.6. The third-order valence-corrected chi connectivity index (χ3v) is 5.39. The maximum atomic E-state index is 12.0. The van der Waals surface area contributed by atoms with Crippen LogP contribution in [0.25, 0.3) is 21.7 Å². The molecule has 1 saturated carbocycles. The lowest BCUT2D eigenvalue weighted by atomic mass is 10.0. The SMILES string of the molecule is CNC(=O)c1cccc2cc(Oc3ccnc4ccc(OC)cc34)ccc12.O=C(O)C1CC1. The van der Waals surface area contributed by atoms with Gasteiger partial charge in [-0.1, -0.05) is 12.1 Å². The quantitative estimate of drug-likeness (QED) is 0.448. The molecule has 0 saturated heterocycles. The fourth-order valence-corrected chi connectivity index (χ4v) is 3.43. The molecule has 0 unspecified atom stereocenters. The number of hydrogen-bond acceptors (Lipinski definition) is 5. The van der Waals surface area contributed by atoms with E-state index in [0.717, 1.165) is 40.3 Å². The van der Waals surface area contributed by atoms with E-state index in [4.69, 9.17) is 14.6 Å². The molecule has 4 aromatic rings.